The normalized spacial score (nSPS) is 15.7. The number of aryl methyl sites for hydroxylation is 3. The molecule has 178 valence electrons. The summed E-state index contributed by atoms with van der Waals surface area (Å²) in [5.41, 5.74) is 4.08. The third kappa shape index (κ3) is 4.28. The lowest BCUT2D eigenvalue weighted by molar-refractivity contribution is -0.120. The van der Waals surface area contributed by atoms with E-state index in [1.54, 1.807) is 22.2 Å². The molecule has 1 aromatic carbocycles. The number of sulfonamides is 1. The number of thiophene rings is 1. The third-order valence-corrected chi connectivity index (χ3v) is 10.4. The Kier molecular flexibility index (Phi) is 6.05. The Balaban J connectivity index is 1.31. The number of benzene rings is 1. The van der Waals surface area contributed by atoms with Gasteiger partial charge in [-0.3, -0.25) is 4.79 Å². The number of amides is 1. The first-order chi connectivity index (χ1) is 16.2. The van der Waals surface area contributed by atoms with E-state index in [9.17, 15) is 13.2 Å². The summed E-state index contributed by atoms with van der Waals surface area (Å²) in [5, 5.41) is 10.0. The average Bonchev–Trinajstić information content (AvgIpc) is 3.54. The number of rotatable bonds is 5. The third-order valence-electron chi connectivity index (χ3n) is 6.17. The standard InChI is InChI=1S/C23H25N5O3S3/c1-14-11-18-19(12-15(14)2)33-23(24-18)28-20(13-16(3)26-28)25-22(29)17-6-8-27(9-7-17)34(30,31)21-5-4-10-32-21/h4-5,10-13,17H,6-9H2,1-3H3,(H,25,29). The molecule has 3 aromatic heterocycles. The van der Waals surface area contributed by atoms with E-state index in [2.05, 4.69) is 36.4 Å². The maximum Gasteiger partial charge on any atom is 0.252 e. The highest BCUT2D eigenvalue weighted by Gasteiger charge is 2.33. The summed E-state index contributed by atoms with van der Waals surface area (Å²) in [7, 11) is -3.49. The van der Waals surface area contributed by atoms with Crippen molar-refractivity contribution >= 4 is 54.6 Å². The fourth-order valence-electron chi connectivity index (χ4n) is 4.12. The van der Waals surface area contributed by atoms with Gasteiger partial charge >= 0.3 is 0 Å². The molecule has 1 aliphatic heterocycles. The lowest BCUT2D eigenvalue weighted by Crippen LogP contribution is -2.41. The molecule has 0 saturated carbocycles. The Hall–Kier alpha value is -2.60. The molecule has 34 heavy (non-hydrogen) atoms. The first-order valence-electron chi connectivity index (χ1n) is 11.0. The van der Waals surface area contributed by atoms with E-state index in [0.717, 1.165) is 15.9 Å². The van der Waals surface area contributed by atoms with Crippen LogP contribution in [0.15, 0.2) is 39.9 Å². The van der Waals surface area contributed by atoms with Crippen molar-refractivity contribution in [3.05, 3.63) is 52.5 Å². The largest absolute Gasteiger partial charge is 0.310 e. The number of carbonyl (C=O) groups is 1. The smallest absolute Gasteiger partial charge is 0.252 e. The Bertz CT molecular complexity index is 1420. The molecule has 0 aliphatic carbocycles. The summed E-state index contributed by atoms with van der Waals surface area (Å²) in [4.78, 5) is 17.8. The van der Waals surface area contributed by atoms with E-state index in [0.29, 0.717) is 41.1 Å². The van der Waals surface area contributed by atoms with Crippen LogP contribution in [0.4, 0.5) is 5.82 Å². The van der Waals surface area contributed by atoms with E-state index in [1.165, 1.54) is 38.1 Å². The number of aromatic nitrogens is 3. The minimum absolute atomic E-state index is 0.123. The van der Waals surface area contributed by atoms with Crippen LogP contribution in [-0.4, -0.2) is 46.5 Å². The zero-order valence-electron chi connectivity index (χ0n) is 19.1. The average molecular weight is 516 g/mol. The summed E-state index contributed by atoms with van der Waals surface area (Å²) in [6.45, 7) is 6.67. The van der Waals surface area contributed by atoms with Gasteiger partial charge in [0.05, 0.1) is 15.9 Å². The minimum Gasteiger partial charge on any atom is -0.310 e. The number of thiazole rings is 1. The second-order valence-electron chi connectivity index (χ2n) is 8.58. The molecule has 1 amide bonds. The molecule has 4 aromatic rings. The SMILES string of the molecule is Cc1cc(NC(=O)C2CCN(S(=O)(=O)c3cccs3)CC2)n(-c2nc3cc(C)c(C)cc3s2)n1. The molecule has 1 fully saturated rings. The van der Waals surface area contributed by atoms with Gasteiger partial charge in [0.2, 0.25) is 11.0 Å². The lowest BCUT2D eigenvalue weighted by atomic mass is 9.97. The number of nitrogens with one attached hydrogen (secondary N) is 1. The van der Waals surface area contributed by atoms with Crippen molar-refractivity contribution in [2.45, 2.75) is 37.8 Å². The molecule has 0 spiro atoms. The summed E-state index contributed by atoms with van der Waals surface area (Å²) in [6.07, 6.45) is 0.951. The molecule has 11 heteroatoms. The molecular formula is C23H25N5O3S3. The first kappa shape index (κ1) is 23.2. The van der Waals surface area contributed by atoms with E-state index in [-0.39, 0.29) is 11.8 Å². The lowest BCUT2D eigenvalue weighted by Gasteiger charge is -2.30. The molecule has 4 heterocycles. The quantitative estimate of drug-likeness (QED) is 0.422. The topological polar surface area (TPSA) is 97.2 Å². The number of carbonyl (C=O) groups excluding carboxylic acids is 1. The monoisotopic (exact) mass is 515 g/mol. The Morgan fingerprint density at radius 1 is 1.12 bits per heavy atom. The van der Waals surface area contributed by atoms with Crippen LogP contribution in [0.25, 0.3) is 15.3 Å². The summed E-state index contributed by atoms with van der Waals surface area (Å²) in [6, 6.07) is 9.37. The van der Waals surface area contributed by atoms with Crippen LogP contribution in [0, 0.1) is 26.7 Å². The fourth-order valence-corrected chi connectivity index (χ4v) is 7.74. The minimum atomic E-state index is -3.49. The van der Waals surface area contributed by atoms with Gasteiger partial charge < -0.3 is 5.32 Å². The molecule has 0 atom stereocenters. The van der Waals surface area contributed by atoms with E-state index < -0.39 is 10.0 Å². The van der Waals surface area contributed by atoms with Crippen molar-refractivity contribution in [2.24, 2.45) is 5.92 Å². The molecular weight excluding hydrogens is 490 g/mol. The maximum absolute atomic E-state index is 13.1. The molecule has 0 unspecified atom stereocenters. The van der Waals surface area contributed by atoms with Gasteiger partial charge in [-0.15, -0.1) is 11.3 Å². The van der Waals surface area contributed by atoms with E-state index in [4.69, 9.17) is 4.98 Å². The summed E-state index contributed by atoms with van der Waals surface area (Å²) >= 11 is 2.74. The van der Waals surface area contributed by atoms with Gasteiger partial charge in [-0.25, -0.2) is 13.4 Å². The van der Waals surface area contributed by atoms with E-state index >= 15 is 0 Å². The highest BCUT2D eigenvalue weighted by atomic mass is 32.2. The van der Waals surface area contributed by atoms with Crippen molar-refractivity contribution in [1.82, 2.24) is 19.1 Å². The molecule has 1 saturated heterocycles. The molecule has 0 bridgehead atoms. The number of hydrogen-bond donors (Lipinski definition) is 1. The van der Waals surface area contributed by atoms with Crippen LogP contribution in [0.1, 0.15) is 29.7 Å². The number of anilines is 1. The molecule has 0 radical (unpaired) electrons. The van der Waals surface area contributed by atoms with E-state index in [1.807, 2.05) is 13.0 Å². The van der Waals surface area contributed by atoms with Crippen LogP contribution in [-0.2, 0) is 14.8 Å². The van der Waals surface area contributed by atoms with Gasteiger partial charge in [-0.1, -0.05) is 17.4 Å². The predicted molar refractivity (Wildman–Crippen MR) is 135 cm³/mol. The Morgan fingerprint density at radius 3 is 2.56 bits per heavy atom. The molecule has 8 nitrogen and oxygen atoms in total. The number of hydrogen-bond acceptors (Lipinski definition) is 7. The fraction of sp³-hybridized carbons (Fsp3) is 0.348. The number of piperidine rings is 1. The van der Waals surface area contributed by atoms with Crippen molar-refractivity contribution in [3.8, 4) is 5.13 Å². The zero-order chi connectivity index (χ0) is 24.0. The summed E-state index contributed by atoms with van der Waals surface area (Å²) < 4.78 is 30.1. The van der Waals surface area contributed by atoms with Crippen LogP contribution in [0.2, 0.25) is 0 Å². The van der Waals surface area contributed by atoms with Crippen molar-refractivity contribution in [2.75, 3.05) is 18.4 Å². The van der Waals surface area contributed by atoms with Gasteiger partial charge in [-0.2, -0.15) is 14.1 Å². The molecule has 5 rings (SSSR count). The van der Waals surface area contributed by atoms with Gasteiger partial charge in [-0.05, 0) is 68.3 Å². The van der Waals surface area contributed by atoms with Gasteiger partial charge in [0.15, 0.2) is 0 Å². The van der Waals surface area contributed by atoms with Crippen LogP contribution in [0.5, 0.6) is 0 Å². The van der Waals surface area contributed by atoms with Crippen LogP contribution >= 0.6 is 22.7 Å². The zero-order valence-corrected chi connectivity index (χ0v) is 21.6. The number of fused-ring (bicyclic) bond motifs is 1. The second kappa shape index (κ2) is 8.88. The second-order valence-corrected chi connectivity index (χ2v) is 12.7. The maximum atomic E-state index is 13.1. The van der Waals surface area contributed by atoms with Crippen LogP contribution < -0.4 is 5.32 Å². The highest BCUT2D eigenvalue weighted by Crippen LogP contribution is 2.30. The molecule has 1 N–H and O–H groups in total. The van der Waals surface area contributed by atoms with Crippen molar-refractivity contribution in [3.63, 3.8) is 0 Å². The summed E-state index contributed by atoms with van der Waals surface area (Å²) in [5.74, 6) is 0.185. The van der Waals surface area contributed by atoms with Gasteiger partial charge in [0.25, 0.3) is 10.0 Å². The van der Waals surface area contributed by atoms with Crippen molar-refractivity contribution in [1.29, 1.82) is 0 Å². The first-order valence-corrected chi connectivity index (χ1v) is 14.2. The molecule has 1 aliphatic rings. The Labute approximate surface area is 206 Å². The van der Waals surface area contributed by atoms with Gasteiger partial charge in [0, 0.05) is 25.1 Å². The highest BCUT2D eigenvalue weighted by molar-refractivity contribution is 7.91. The van der Waals surface area contributed by atoms with Crippen molar-refractivity contribution < 1.29 is 13.2 Å². The Morgan fingerprint density at radius 2 is 1.85 bits per heavy atom. The number of nitrogens with zero attached hydrogens (tertiary/aromatic N) is 4. The van der Waals surface area contributed by atoms with Gasteiger partial charge in [0.1, 0.15) is 10.0 Å². The predicted octanol–water partition coefficient (Wildman–Crippen LogP) is 4.51. The van der Waals surface area contributed by atoms with Crippen LogP contribution in [0.3, 0.4) is 0 Å².